The molecule has 2 heterocycles. The number of aliphatic hydroxyl groups excluding tert-OH is 1. The molecule has 3 aromatic carbocycles. The van der Waals surface area contributed by atoms with Crippen LogP contribution >= 0.6 is 0 Å². The fraction of sp³-hybridized carbons (Fsp3) is 0.107. The van der Waals surface area contributed by atoms with Crippen molar-refractivity contribution in [2.24, 2.45) is 17.2 Å². The Labute approximate surface area is 217 Å². The number of rotatable bonds is 5. The molecule has 6 rings (SSSR count). The summed E-state index contributed by atoms with van der Waals surface area (Å²) >= 11 is 0. The second kappa shape index (κ2) is 8.47. The Morgan fingerprint density at radius 1 is 0.816 bits per heavy atom. The fourth-order valence-corrected chi connectivity index (χ4v) is 5.25. The number of Topliss-reactive ketones (excluding diaryl/α,β-unsaturated/α-hetero) is 2. The number of nitrogens with zero attached hydrogens (tertiary/aromatic N) is 1. The van der Waals surface area contributed by atoms with E-state index >= 15 is 0 Å². The minimum atomic E-state index is -1.64. The maximum absolute atomic E-state index is 13.9. The van der Waals surface area contributed by atoms with Crippen molar-refractivity contribution >= 4 is 28.8 Å². The van der Waals surface area contributed by atoms with Crippen molar-refractivity contribution in [1.82, 2.24) is 4.98 Å². The van der Waals surface area contributed by atoms with Crippen LogP contribution in [0, 0.1) is 0 Å². The van der Waals surface area contributed by atoms with E-state index < -0.39 is 24.0 Å². The third-order valence-corrected chi connectivity index (χ3v) is 6.84. The van der Waals surface area contributed by atoms with E-state index in [1.807, 2.05) is 30.3 Å². The third-order valence-electron chi connectivity index (χ3n) is 6.84. The number of nitrogens with two attached hydrogens (primary N) is 3. The smallest absolute Gasteiger partial charge is 0.263 e. The molecule has 1 amide bonds. The molecule has 0 radical (unpaired) electrons. The van der Waals surface area contributed by atoms with Crippen molar-refractivity contribution < 1.29 is 19.5 Å². The molecule has 10 nitrogen and oxygen atoms in total. The quantitative estimate of drug-likeness (QED) is 0.175. The van der Waals surface area contributed by atoms with Gasteiger partial charge in [0.15, 0.2) is 23.7 Å². The van der Waals surface area contributed by atoms with Crippen molar-refractivity contribution in [3.63, 3.8) is 0 Å². The van der Waals surface area contributed by atoms with Gasteiger partial charge in [0.05, 0.1) is 11.3 Å². The highest BCUT2D eigenvalue weighted by Gasteiger charge is 2.48. The SMILES string of the molecule is NC(N)(N)Nc1ccc(N2C(=O)c3c(C4C(=O)c5ccccc5C4=O)[nH]c(-c4ccccc4)c3C2O)cc1. The Hall–Kier alpha value is -4.61. The Bertz CT molecular complexity index is 1570. The lowest BCUT2D eigenvalue weighted by atomic mass is 9.95. The number of carbonyl (C=O) groups excluding carboxylic acids is 3. The Morgan fingerprint density at radius 3 is 1.97 bits per heavy atom. The molecular formula is C28H24N6O4. The van der Waals surface area contributed by atoms with E-state index in [4.69, 9.17) is 17.2 Å². The highest BCUT2D eigenvalue weighted by Crippen LogP contribution is 2.47. The van der Waals surface area contributed by atoms with Crippen LogP contribution in [0.15, 0.2) is 78.9 Å². The molecule has 1 aliphatic carbocycles. The molecule has 1 atom stereocenters. The molecule has 4 aromatic rings. The number of aliphatic hydroxyl groups is 1. The molecule has 1 unspecified atom stereocenters. The number of hydrogen-bond donors (Lipinski definition) is 6. The predicted octanol–water partition coefficient (Wildman–Crippen LogP) is 2.40. The van der Waals surface area contributed by atoms with Gasteiger partial charge < -0.3 is 15.4 Å². The minimum Gasteiger partial charge on any atom is -0.369 e. The number of fused-ring (bicyclic) bond motifs is 2. The Balaban J connectivity index is 1.47. The third kappa shape index (κ3) is 3.63. The number of aromatic nitrogens is 1. The summed E-state index contributed by atoms with van der Waals surface area (Å²) < 4.78 is 0. The maximum Gasteiger partial charge on any atom is 0.263 e. The highest BCUT2D eigenvalue weighted by atomic mass is 16.3. The van der Waals surface area contributed by atoms with Crippen LogP contribution < -0.4 is 27.4 Å². The van der Waals surface area contributed by atoms with Gasteiger partial charge in [-0.25, -0.2) is 0 Å². The zero-order valence-corrected chi connectivity index (χ0v) is 20.0. The average molecular weight is 509 g/mol. The first-order valence-corrected chi connectivity index (χ1v) is 11.9. The summed E-state index contributed by atoms with van der Waals surface area (Å²) in [6.07, 6.45) is -1.37. The minimum absolute atomic E-state index is 0.114. The van der Waals surface area contributed by atoms with Crippen LogP contribution in [0.5, 0.6) is 0 Å². The molecule has 38 heavy (non-hydrogen) atoms. The number of anilines is 2. The molecule has 0 saturated carbocycles. The van der Waals surface area contributed by atoms with Crippen molar-refractivity contribution in [3.8, 4) is 11.3 Å². The van der Waals surface area contributed by atoms with Gasteiger partial charge in [-0.05, 0) is 29.8 Å². The van der Waals surface area contributed by atoms with E-state index in [0.29, 0.717) is 39.3 Å². The van der Waals surface area contributed by atoms with Crippen LogP contribution in [0.3, 0.4) is 0 Å². The number of benzene rings is 3. The van der Waals surface area contributed by atoms with Gasteiger partial charge in [0.1, 0.15) is 5.92 Å². The Morgan fingerprint density at radius 2 is 1.39 bits per heavy atom. The van der Waals surface area contributed by atoms with E-state index in [0.717, 1.165) is 0 Å². The summed E-state index contributed by atoms with van der Waals surface area (Å²) in [5.41, 5.74) is 20.1. The van der Waals surface area contributed by atoms with E-state index in [-0.39, 0.29) is 22.8 Å². The molecule has 0 saturated heterocycles. The van der Waals surface area contributed by atoms with E-state index in [1.165, 1.54) is 4.90 Å². The van der Waals surface area contributed by atoms with Gasteiger partial charge in [0.2, 0.25) is 0 Å². The topological polar surface area (TPSA) is 181 Å². The molecule has 190 valence electrons. The largest absolute Gasteiger partial charge is 0.369 e. The summed E-state index contributed by atoms with van der Waals surface area (Å²) in [6, 6.07) is 22.2. The zero-order valence-electron chi connectivity index (χ0n) is 20.0. The van der Waals surface area contributed by atoms with Gasteiger partial charge in [-0.2, -0.15) is 0 Å². The summed E-state index contributed by atoms with van der Waals surface area (Å²) in [5.74, 6) is -4.17. The Kier molecular flexibility index (Phi) is 5.30. The lowest BCUT2D eigenvalue weighted by Crippen LogP contribution is -2.64. The maximum atomic E-state index is 13.9. The normalized spacial score (nSPS) is 17.2. The van der Waals surface area contributed by atoms with Gasteiger partial charge in [-0.3, -0.25) is 36.5 Å². The van der Waals surface area contributed by atoms with Crippen LogP contribution in [0.1, 0.15) is 54.5 Å². The average Bonchev–Trinajstić information content (AvgIpc) is 3.49. The van der Waals surface area contributed by atoms with E-state index in [2.05, 4.69) is 10.3 Å². The number of carbonyl (C=O) groups is 3. The van der Waals surface area contributed by atoms with Crippen LogP contribution in [0.4, 0.5) is 11.4 Å². The van der Waals surface area contributed by atoms with Gasteiger partial charge in [0, 0.05) is 33.8 Å². The lowest BCUT2D eigenvalue weighted by Gasteiger charge is -2.24. The second-order valence-electron chi connectivity index (χ2n) is 9.43. The van der Waals surface area contributed by atoms with Crippen LogP contribution in [-0.4, -0.2) is 33.5 Å². The van der Waals surface area contributed by atoms with Crippen molar-refractivity contribution in [1.29, 1.82) is 0 Å². The van der Waals surface area contributed by atoms with Crippen molar-refractivity contribution in [3.05, 3.63) is 107 Å². The van der Waals surface area contributed by atoms with Crippen LogP contribution in [0.2, 0.25) is 0 Å². The summed E-state index contributed by atoms with van der Waals surface area (Å²) in [4.78, 5) is 45.0. The molecule has 0 spiro atoms. The van der Waals surface area contributed by atoms with Crippen molar-refractivity contribution in [2.75, 3.05) is 10.2 Å². The van der Waals surface area contributed by atoms with E-state index in [1.54, 1.807) is 48.5 Å². The van der Waals surface area contributed by atoms with Gasteiger partial charge in [-0.15, -0.1) is 0 Å². The number of H-pyrrole nitrogens is 1. The summed E-state index contributed by atoms with van der Waals surface area (Å²) in [7, 11) is 0. The molecule has 2 aliphatic rings. The van der Waals surface area contributed by atoms with Gasteiger partial charge in [0.25, 0.3) is 5.91 Å². The first kappa shape index (κ1) is 23.8. The van der Waals surface area contributed by atoms with Gasteiger partial charge >= 0.3 is 0 Å². The molecule has 1 aliphatic heterocycles. The molecule has 0 fully saturated rings. The second-order valence-corrected chi connectivity index (χ2v) is 9.43. The van der Waals surface area contributed by atoms with Crippen LogP contribution in [-0.2, 0) is 0 Å². The molecule has 10 heteroatoms. The van der Waals surface area contributed by atoms with Gasteiger partial charge in [-0.1, -0.05) is 54.6 Å². The first-order chi connectivity index (χ1) is 18.2. The molecule has 1 aromatic heterocycles. The predicted molar refractivity (Wildman–Crippen MR) is 141 cm³/mol. The molecule has 0 bridgehead atoms. The standard InChI is InChI=1S/C28H24N6O4/c29-28(30,31)33-15-10-12-16(13-11-15)34-26(37)19-20(27(34)38)23(32-22(19)14-6-2-1-3-7-14)21-24(35)17-8-4-5-9-18(17)25(21)36/h1-13,21,26,32-33,37H,29-31H2. The summed E-state index contributed by atoms with van der Waals surface area (Å²) in [5, 5.41) is 14.2. The highest BCUT2D eigenvalue weighted by molar-refractivity contribution is 6.30. The first-order valence-electron chi connectivity index (χ1n) is 11.9. The lowest BCUT2D eigenvalue weighted by molar-refractivity contribution is 0.0888. The van der Waals surface area contributed by atoms with Crippen LogP contribution in [0.25, 0.3) is 11.3 Å². The number of ketones is 2. The monoisotopic (exact) mass is 508 g/mol. The number of hydrogen-bond acceptors (Lipinski definition) is 8. The van der Waals surface area contributed by atoms with Crippen molar-refractivity contribution in [2.45, 2.75) is 18.1 Å². The number of nitrogens with one attached hydrogen (secondary N) is 2. The molecular weight excluding hydrogens is 484 g/mol. The zero-order chi connectivity index (χ0) is 26.8. The fourth-order valence-electron chi connectivity index (χ4n) is 5.25. The molecule has 9 N–H and O–H groups in total. The number of amides is 1. The number of aromatic amines is 1. The summed E-state index contributed by atoms with van der Waals surface area (Å²) in [6.45, 7) is 0. The van der Waals surface area contributed by atoms with E-state index in [9.17, 15) is 19.5 Å².